The van der Waals surface area contributed by atoms with Crippen LogP contribution in [0.25, 0.3) is 0 Å². The third kappa shape index (κ3) is 1.20. The Bertz CT molecular complexity index is 376. The molecule has 14 heavy (non-hydrogen) atoms. The van der Waals surface area contributed by atoms with Gasteiger partial charge in [-0.1, -0.05) is 12.1 Å². The zero-order valence-corrected chi connectivity index (χ0v) is 8.56. The van der Waals surface area contributed by atoms with Crippen LogP contribution in [0.2, 0.25) is 0 Å². The van der Waals surface area contributed by atoms with Gasteiger partial charge in [0.15, 0.2) is 0 Å². The second-order valence-electron chi connectivity index (χ2n) is 4.28. The number of rotatable bonds is 1. The second-order valence-corrected chi connectivity index (χ2v) is 4.28. The number of hydrogen-bond donors (Lipinski definition) is 0. The van der Waals surface area contributed by atoms with Crippen molar-refractivity contribution < 1.29 is 0 Å². The molecular formula is C10H14N4. The third-order valence-corrected chi connectivity index (χ3v) is 3.18. The average molecular weight is 190 g/mol. The van der Waals surface area contributed by atoms with Crippen LogP contribution in [-0.2, 0) is 12.5 Å². The predicted molar refractivity (Wildman–Crippen MR) is 51.3 cm³/mol. The van der Waals surface area contributed by atoms with Crippen molar-refractivity contribution in [1.82, 2.24) is 15.0 Å². The SMILES string of the molecule is CC1CCC(C#N)(c2cnnn2C)C1. The Morgan fingerprint density at radius 2 is 2.50 bits per heavy atom. The quantitative estimate of drug-likeness (QED) is 0.672. The molecule has 0 N–H and O–H groups in total. The van der Waals surface area contributed by atoms with Crippen LogP contribution in [0, 0.1) is 17.2 Å². The zero-order valence-electron chi connectivity index (χ0n) is 8.56. The summed E-state index contributed by atoms with van der Waals surface area (Å²) in [5, 5.41) is 17.1. The molecule has 1 heterocycles. The van der Waals surface area contributed by atoms with Gasteiger partial charge >= 0.3 is 0 Å². The van der Waals surface area contributed by atoms with E-state index < -0.39 is 0 Å². The van der Waals surface area contributed by atoms with Gasteiger partial charge in [-0.05, 0) is 25.2 Å². The standard InChI is InChI=1S/C10H14N4/c1-8-3-4-10(5-8,7-11)9-6-12-13-14(9)2/h6,8H,3-5H2,1-2H3. The summed E-state index contributed by atoms with van der Waals surface area (Å²) < 4.78 is 1.72. The minimum absolute atomic E-state index is 0.336. The monoisotopic (exact) mass is 190 g/mol. The van der Waals surface area contributed by atoms with E-state index in [0.717, 1.165) is 25.0 Å². The normalized spacial score (nSPS) is 31.6. The summed E-state index contributed by atoms with van der Waals surface area (Å²) in [4.78, 5) is 0. The van der Waals surface area contributed by atoms with E-state index in [0.29, 0.717) is 5.92 Å². The van der Waals surface area contributed by atoms with Crippen molar-refractivity contribution in [3.63, 3.8) is 0 Å². The molecule has 74 valence electrons. The Kier molecular flexibility index (Phi) is 2.03. The van der Waals surface area contributed by atoms with Crippen molar-refractivity contribution in [1.29, 1.82) is 5.26 Å². The molecule has 1 aromatic heterocycles. The van der Waals surface area contributed by atoms with Crippen LogP contribution in [0.3, 0.4) is 0 Å². The van der Waals surface area contributed by atoms with Crippen molar-refractivity contribution in [3.05, 3.63) is 11.9 Å². The molecule has 0 aromatic carbocycles. The lowest BCUT2D eigenvalue weighted by Crippen LogP contribution is -2.23. The summed E-state index contributed by atoms with van der Waals surface area (Å²) in [6.45, 7) is 2.20. The van der Waals surface area contributed by atoms with E-state index in [9.17, 15) is 5.26 Å². The molecule has 2 rings (SSSR count). The zero-order chi connectivity index (χ0) is 10.2. The van der Waals surface area contributed by atoms with Gasteiger partial charge in [-0.15, -0.1) is 5.10 Å². The van der Waals surface area contributed by atoms with E-state index in [1.54, 1.807) is 10.9 Å². The van der Waals surface area contributed by atoms with E-state index in [2.05, 4.69) is 23.3 Å². The van der Waals surface area contributed by atoms with Gasteiger partial charge in [0.05, 0.1) is 18.0 Å². The first-order chi connectivity index (χ1) is 6.68. The molecular weight excluding hydrogens is 176 g/mol. The molecule has 4 heteroatoms. The Morgan fingerprint density at radius 3 is 2.93 bits per heavy atom. The van der Waals surface area contributed by atoms with Gasteiger partial charge in [0, 0.05) is 7.05 Å². The van der Waals surface area contributed by atoms with Crippen molar-refractivity contribution in [2.45, 2.75) is 31.6 Å². The van der Waals surface area contributed by atoms with Crippen LogP contribution < -0.4 is 0 Å². The molecule has 2 atom stereocenters. The maximum absolute atomic E-state index is 9.31. The number of nitriles is 1. The van der Waals surface area contributed by atoms with E-state index in [-0.39, 0.29) is 5.41 Å². The van der Waals surface area contributed by atoms with E-state index in [1.165, 1.54) is 0 Å². The lowest BCUT2D eigenvalue weighted by Gasteiger charge is -2.19. The Labute approximate surface area is 83.5 Å². The number of aromatic nitrogens is 3. The highest BCUT2D eigenvalue weighted by Crippen LogP contribution is 2.42. The summed E-state index contributed by atoms with van der Waals surface area (Å²) >= 11 is 0. The van der Waals surface area contributed by atoms with Gasteiger partial charge in [-0.2, -0.15) is 5.26 Å². The van der Waals surface area contributed by atoms with Gasteiger partial charge in [0.1, 0.15) is 5.41 Å². The topological polar surface area (TPSA) is 54.5 Å². The van der Waals surface area contributed by atoms with Crippen molar-refractivity contribution >= 4 is 0 Å². The minimum Gasteiger partial charge on any atom is -0.251 e. The van der Waals surface area contributed by atoms with Crippen LogP contribution in [0.5, 0.6) is 0 Å². The third-order valence-electron chi connectivity index (χ3n) is 3.18. The molecule has 1 aliphatic carbocycles. The lowest BCUT2D eigenvalue weighted by molar-refractivity contribution is 0.489. The van der Waals surface area contributed by atoms with Gasteiger partial charge in [-0.3, -0.25) is 4.68 Å². The van der Waals surface area contributed by atoms with Crippen molar-refractivity contribution in [2.75, 3.05) is 0 Å². The molecule has 2 unspecified atom stereocenters. The summed E-state index contributed by atoms with van der Waals surface area (Å²) in [6.07, 6.45) is 4.72. The second kappa shape index (κ2) is 3.09. The fourth-order valence-electron chi connectivity index (χ4n) is 2.41. The Hall–Kier alpha value is -1.37. The molecule has 0 saturated heterocycles. The Morgan fingerprint density at radius 1 is 1.71 bits per heavy atom. The average Bonchev–Trinajstić information content (AvgIpc) is 2.73. The van der Waals surface area contributed by atoms with Gasteiger partial charge in [0.25, 0.3) is 0 Å². The summed E-state index contributed by atoms with van der Waals surface area (Å²) in [5.74, 6) is 0.629. The lowest BCUT2D eigenvalue weighted by atomic mass is 9.84. The van der Waals surface area contributed by atoms with Crippen LogP contribution in [-0.4, -0.2) is 15.0 Å². The first-order valence-corrected chi connectivity index (χ1v) is 4.94. The first-order valence-electron chi connectivity index (χ1n) is 4.94. The van der Waals surface area contributed by atoms with Gasteiger partial charge in [0.2, 0.25) is 0 Å². The molecule has 1 saturated carbocycles. The van der Waals surface area contributed by atoms with Crippen LogP contribution in [0.4, 0.5) is 0 Å². The fourth-order valence-corrected chi connectivity index (χ4v) is 2.41. The van der Waals surface area contributed by atoms with Crippen molar-refractivity contribution in [2.24, 2.45) is 13.0 Å². The minimum atomic E-state index is -0.336. The summed E-state index contributed by atoms with van der Waals surface area (Å²) in [7, 11) is 1.85. The fraction of sp³-hybridized carbons (Fsp3) is 0.700. The van der Waals surface area contributed by atoms with E-state index >= 15 is 0 Å². The predicted octanol–water partition coefficient (Wildman–Crippen LogP) is 1.40. The molecule has 4 nitrogen and oxygen atoms in total. The highest BCUT2D eigenvalue weighted by atomic mass is 15.4. The Balaban J connectivity index is 2.40. The number of hydrogen-bond acceptors (Lipinski definition) is 3. The van der Waals surface area contributed by atoms with Crippen LogP contribution in [0.1, 0.15) is 31.9 Å². The molecule has 0 aliphatic heterocycles. The summed E-state index contributed by atoms with van der Waals surface area (Å²) in [5.41, 5.74) is 0.627. The largest absolute Gasteiger partial charge is 0.251 e. The molecule has 1 aliphatic rings. The van der Waals surface area contributed by atoms with Crippen molar-refractivity contribution in [3.8, 4) is 6.07 Å². The molecule has 0 bridgehead atoms. The maximum atomic E-state index is 9.31. The van der Waals surface area contributed by atoms with Gasteiger partial charge in [-0.25, -0.2) is 0 Å². The number of nitrogens with zero attached hydrogens (tertiary/aromatic N) is 4. The molecule has 1 fully saturated rings. The van der Waals surface area contributed by atoms with E-state index in [4.69, 9.17) is 0 Å². The molecule has 0 radical (unpaired) electrons. The van der Waals surface area contributed by atoms with Gasteiger partial charge < -0.3 is 0 Å². The summed E-state index contributed by atoms with van der Waals surface area (Å²) in [6, 6.07) is 2.45. The van der Waals surface area contributed by atoms with Crippen LogP contribution in [0.15, 0.2) is 6.20 Å². The van der Waals surface area contributed by atoms with E-state index in [1.807, 2.05) is 7.05 Å². The smallest absolute Gasteiger partial charge is 0.101 e. The van der Waals surface area contributed by atoms with Crippen LogP contribution >= 0.6 is 0 Å². The highest BCUT2D eigenvalue weighted by molar-refractivity contribution is 5.26. The first kappa shape index (κ1) is 9.20. The molecule has 0 amide bonds. The highest BCUT2D eigenvalue weighted by Gasteiger charge is 2.41. The molecule has 0 spiro atoms. The maximum Gasteiger partial charge on any atom is 0.101 e. The number of aryl methyl sites for hydroxylation is 1. The molecule has 1 aromatic rings.